The van der Waals surface area contributed by atoms with E-state index in [9.17, 15) is 107 Å². The zero-order valence-electron chi connectivity index (χ0n) is 37.1. The first-order valence-corrected chi connectivity index (χ1v) is 22.0. The van der Waals surface area contributed by atoms with Gasteiger partial charge in [-0.1, -0.05) is 0 Å². The molecule has 5 heterocycles. The van der Waals surface area contributed by atoms with Crippen molar-refractivity contribution in [1.82, 2.24) is 5.32 Å². The molecule has 0 aromatic carbocycles. The molecule has 29 atom stereocenters. The summed E-state index contributed by atoms with van der Waals surface area (Å²) in [5.74, 6) is -0.822. The second-order valence-corrected chi connectivity index (χ2v) is 17.3. The van der Waals surface area contributed by atoms with Crippen LogP contribution < -0.4 is 5.32 Å². The average molecular weight is 1030 g/mol. The van der Waals surface area contributed by atoms with Crippen LogP contribution in [0.15, 0.2) is 0 Å². The number of nitrogens with one attached hydrogen (secondary N) is 1. The summed E-state index contributed by atoms with van der Waals surface area (Å²) < 4.78 is 56.3. The molecule has 5 saturated heterocycles. The van der Waals surface area contributed by atoms with Crippen LogP contribution in [0.2, 0.25) is 0 Å². The third-order valence-corrected chi connectivity index (χ3v) is 12.5. The number of aliphatic hydroxyl groups excluding tert-OH is 20. The van der Waals surface area contributed by atoms with Gasteiger partial charge in [-0.05, 0) is 0 Å². The molecule has 32 heteroatoms. The lowest BCUT2D eigenvalue weighted by molar-refractivity contribution is -0.387. The van der Waals surface area contributed by atoms with Crippen molar-refractivity contribution in [1.29, 1.82) is 0 Å². The molecule has 410 valence electrons. The van der Waals surface area contributed by atoms with Gasteiger partial charge in [0.25, 0.3) is 0 Å². The maximum atomic E-state index is 12.4. The molecule has 21 N–H and O–H groups in total. The number of aliphatic hydroxyl groups is 20. The Hall–Kier alpha value is -1.73. The van der Waals surface area contributed by atoms with Crippen molar-refractivity contribution >= 4 is 5.91 Å². The summed E-state index contributed by atoms with van der Waals surface area (Å²) in [5.41, 5.74) is 0. The Labute approximate surface area is 396 Å². The van der Waals surface area contributed by atoms with Gasteiger partial charge in [0.1, 0.15) is 146 Å². The summed E-state index contributed by atoms with van der Waals surface area (Å²) in [6.45, 7) is -6.05. The molecule has 0 radical (unpaired) electrons. The summed E-state index contributed by atoms with van der Waals surface area (Å²) in [5, 5.41) is 212. The molecule has 70 heavy (non-hydrogen) atoms. The van der Waals surface area contributed by atoms with E-state index in [-0.39, 0.29) is 0 Å². The van der Waals surface area contributed by atoms with E-state index in [0.29, 0.717) is 0 Å². The molecule has 0 aliphatic carbocycles. The second-order valence-electron chi connectivity index (χ2n) is 17.3. The maximum Gasteiger partial charge on any atom is 0.217 e. The van der Waals surface area contributed by atoms with Crippen LogP contribution >= 0.6 is 0 Å². The highest BCUT2D eigenvalue weighted by molar-refractivity contribution is 5.73. The third kappa shape index (κ3) is 13.0. The normalized spacial score (nSPS) is 46.7. The van der Waals surface area contributed by atoms with Gasteiger partial charge in [0, 0.05) is 6.92 Å². The van der Waals surface area contributed by atoms with E-state index in [1.54, 1.807) is 0 Å². The Morgan fingerprint density at radius 1 is 0.457 bits per heavy atom. The van der Waals surface area contributed by atoms with Gasteiger partial charge in [-0.2, -0.15) is 0 Å². The molecule has 5 aliphatic rings. The fourth-order valence-corrected chi connectivity index (χ4v) is 8.40. The Bertz CT molecular complexity index is 1580. The summed E-state index contributed by atoms with van der Waals surface area (Å²) >= 11 is 0. The van der Waals surface area contributed by atoms with Crippen LogP contribution in [-0.2, 0) is 52.2 Å². The lowest BCUT2D eigenvalue weighted by atomic mass is 9.95. The van der Waals surface area contributed by atoms with Gasteiger partial charge in [0.2, 0.25) is 5.91 Å². The fraction of sp³-hybridized carbons (Fsp3) is 0.974. The van der Waals surface area contributed by atoms with E-state index in [4.69, 9.17) is 47.4 Å². The van der Waals surface area contributed by atoms with Crippen molar-refractivity contribution in [3.8, 4) is 0 Å². The van der Waals surface area contributed by atoms with Crippen molar-refractivity contribution in [2.24, 2.45) is 0 Å². The highest BCUT2D eigenvalue weighted by Gasteiger charge is 2.56. The molecule has 0 bridgehead atoms. The lowest BCUT2D eigenvalue weighted by Crippen LogP contribution is -2.68. The van der Waals surface area contributed by atoms with E-state index >= 15 is 0 Å². The third-order valence-electron chi connectivity index (χ3n) is 12.5. The molecule has 5 aliphatic heterocycles. The highest BCUT2D eigenvalue weighted by atomic mass is 16.8. The van der Waals surface area contributed by atoms with Crippen molar-refractivity contribution in [2.75, 3.05) is 46.2 Å². The Morgan fingerprint density at radius 2 is 0.857 bits per heavy atom. The number of rotatable bonds is 21. The second kappa shape index (κ2) is 26.2. The van der Waals surface area contributed by atoms with Crippen LogP contribution in [0, 0.1) is 0 Å². The molecular weight excluding hydrogens is 966 g/mol. The number of hydrogen-bond donors (Lipinski definition) is 21. The van der Waals surface area contributed by atoms with Gasteiger partial charge < -0.3 is 155 Å². The van der Waals surface area contributed by atoms with Gasteiger partial charge in [-0.25, -0.2) is 0 Å². The largest absolute Gasteiger partial charge is 0.394 e. The van der Waals surface area contributed by atoms with Crippen molar-refractivity contribution in [3.63, 3.8) is 0 Å². The smallest absolute Gasteiger partial charge is 0.217 e. The Morgan fingerprint density at radius 3 is 1.31 bits per heavy atom. The standard InChI is InChI=1S/C38H67NO31/c1-9(46)39-17-23(54)31(68-35-26(57)24(55)19(50)12(4-42)62-35)15(7-45)65-34(17)61-8-16-22(53)33(29(60)38(66-16)67-30(11(48)3-41)18(49)10(47)2-40)70-37-28(59)32(21(52)14(6-44)64-37)69-36-27(58)25(56)20(51)13(5-43)63-36/h10-38,40-45,47-60H,2-8H2,1H3,(H,39,46)/t10-,11+,12+,13+,14+,15+,16+,17+,18+,19-,20-,21-,22-,23+,24-,25-,26+,27+,28+,29+,30+,31+,32-,33-,34+,35-,36-,37-,38-/m0/s1. The van der Waals surface area contributed by atoms with Gasteiger partial charge >= 0.3 is 0 Å². The average Bonchev–Trinajstić information content (AvgIpc) is 3.34. The fourth-order valence-electron chi connectivity index (χ4n) is 8.40. The summed E-state index contributed by atoms with van der Waals surface area (Å²) in [4.78, 5) is 12.4. The predicted molar refractivity (Wildman–Crippen MR) is 213 cm³/mol. The Kier molecular flexibility index (Phi) is 22.1. The SMILES string of the molecule is CC(=O)N[C@H]1[C@H](OC[C@H]2O[C@@H](O[C@@H]([C@H](O)[C@@H](O)CO)[C@H](O)CO)[C@H](O)[C@@H](O[C@@H]3O[C@H](CO)[C@H](O)[C@H](O[C@@H]4O[C@H](CO)[C@H](O)[C@H](O)[C@H]4O)[C@H]3O)[C@H]2O)O[C@H](CO)[C@@H](O[C@@H]2O[C@H](CO)[C@H](O)[C@H](O)[C@H]2O)[C@@H]1O. The number of amides is 1. The van der Waals surface area contributed by atoms with Crippen molar-refractivity contribution in [3.05, 3.63) is 0 Å². The van der Waals surface area contributed by atoms with E-state index in [2.05, 4.69) is 5.32 Å². The van der Waals surface area contributed by atoms with E-state index in [0.717, 1.165) is 6.92 Å². The predicted octanol–water partition coefficient (Wildman–Crippen LogP) is -14.3. The van der Waals surface area contributed by atoms with Crippen molar-refractivity contribution in [2.45, 2.75) is 185 Å². The molecule has 32 nitrogen and oxygen atoms in total. The minimum atomic E-state index is -2.34. The van der Waals surface area contributed by atoms with Gasteiger partial charge in [-0.3, -0.25) is 4.79 Å². The van der Waals surface area contributed by atoms with Crippen LogP contribution in [0.3, 0.4) is 0 Å². The van der Waals surface area contributed by atoms with Crippen LogP contribution in [0.25, 0.3) is 0 Å². The van der Waals surface area contributed by atoms with Crippen LogP contribution in [-0.4, -0.2) is 332 Å². The number of carbonyl (C=O) groups is 1. The molecule has 5 fully saturated rings. The number of ether oxygens (including phenoxy) is 10. The first kappa shape index (κ1) is 59.2. The molecule has 0 aromatic rings. The van der Waals surface area contributed by atoms with Crippen molar-refractivity contribution < 1.29 is 154 Å². The van der Waals surface area contributed by atoms with Crippen LogP contribution in [0.5, 0.6) is 0 Å². The zero-order chi connectivity index (χ0) is 52.0. The van der Waals surface area contributed by atoms with Crippen LogP contribution in [0.4, 0.5) is 0 Å². The molecule has 0 spiro atoms. The molecule has 0 aromatic heterocycles. The van der Waals surface area contributed by atoms with E-state index in [1.165, 1.54) is 0 Å². The van der Waals surface area contributed by atoms with E-state index < -0.39 is 230 Å². The molecule has 5 rings (SSSR count). The minimum absolute atomic E-state index is 0.822. The number of carbonyl (C=O) groups excluding carboxylic acids is 1. The first-order chi connectivity index (χ1) is 33.1. The monoisotopic (exact) mass is 1030 g/mol. The molecule has 0 saturated carbocycles. The first-order valence-electron chi connectivity index (χ1n) is 22.0. The number of hydrogen-bond acceptors (Lipinski definition) is 31. The molecular formula is C38H67NO31. The summed E-state index contributed by atoms with van der Waals surface area (Å²) in [6, 6.07) is -1.69. The summed E-state index contributed by atoms with van der Waals surface area (Å²) in [6.07, 6.45) is -55.2. The molecule has 0 unspecified atom stereocenters. The highest BCUT2D eigenvalue weighted by Crippen LogP contribution is 2.35. The Balaban J connectivity index is 1.43. The lowest BCUT2D eigenvalue weighted by Gasteiger charge is -2.49. The van der Waals surface area contributed by atoms with Gasteiger partial charge in [0.15, 0.2) is 31.5 Å². The van der Waals surface area contributed by atoms with Gasteiger partial charge in [-0.15, -0.1) is 0 Å². The minimum Gasteiger partial charge on any atom is -0.394 e. The van der Waals surface area contributed by atoms with Crippen LogP contribution in [0.1, 0.15) is 6.92 Å². The summed E-state index contributed by atoms with van der Waals surface area (Å²) in [7, 11) is 0. The van der Waals surface area contributed by atoms with E-state index in [1.807, 2.05) is 0 Å². The topological polar surface area (TPSA) is 526 Å². The maximum absolute atomic E-state index is 12.4. The molecule has 1 amide bonds. The zero-order valence-corrected chi connectivity index (χ0v) is 37.1. The quantitative estimate of drug-likeness (QED) is 0.0507. The van der Waals surface area contributed by atoms with Gasteiger partial charge in [0.05, 0.1) is 46.2 Å².